The summed E-state index contributed by atoms with van der Waals surface area (Å²) in [4.78, 5) is 0. The normalized spacial score (nSPS) is 32.6. The summed E-state index contributed by atoms with van der Waals surface area (Å²) in [6.07, 6.45) is 18.7. The number of rotatable bonds is 0. The van der Waals surface area contributed by atoms with E-state index >= 15 is 0 Å². The first-order chi connectivity index (χ1) is 6.93. The molecular formula is C13H13N. The molecule has 0 aromatic heterocycles. The van der Waals surface area contributed by atoms with Crippen molar-refractivity contribution in [2.45, 2.75) is 12.5 Å². The van der Waals surface area contributed by atoms with Gasteiger partial charge in [0.05, 0.1) is 6.04 Å². The van der Waals surface area contributed by atoms with E-state index in [0.717, 1.165) is 6.42 Å². The van der Waals surface area contributed by atoms with Gasteiger partial charge in [0.15, 0.2) is 0 Å². The zero-order valence-electron chi connectivity index (χ0n) is 7.98. The Bertz CT molecular complexity index is 393. The van der Waals surface area contributed by atoms with Crippen molar-refractivity contribution in [1.29, 1.82) is 0 Å². The molecule has 14 heavy (non-hydrogen) atoms. The minimum absolute atomic E-state index is 0.460. The monoisotopic (exact) mass is 183 g/mol. The lowest BCUT2D eigenvalue weighted by atomic mass is 9.86. The minimum atomic E-state index is 0.460. The van der Waals surface area contributed by atoms with Gasteiger partial charge in [0.25, 0.3) is 0 Å². The fraction of sp³-hybridized carbons (Fsp3) is 0.231. The van der Waals surface area contributed by atoms with Crippen LogP contribution in [0.5, 0.6) is 0 Å². The van der Waals surface area contributed by atoms with Crippen LogP contribution in [-0.2, 0) is 0 Å². The topological polar surface area (TPSA) is 12.0 Å². The molecule has 1 nitrogen and oxygen atoms in total. The van der Waals surface area contributed by atoms with E-state index in [9.17, 15) is 0 Å². The van der Waals surface area contributed by atoms with Crippen LogP contribution < -0.4 is 5.32 Å². The van der Waals surface area contributed by atoms with Crippen molar-refractivity contribution in [3.63, 3.8) is 0 Å². The van der Waals surface area contributed by atoms with E-state index in [1.165, 1.54) is 11.3 Å². The molecule has 0 saturated heterocycles. The summed E-state index contributed by atoms with van der Waals surface area (Å²) in [5.41, 5.74) is 2.74. The number of hydrogen-bond acceptors (Lipinski definition) is 1. The number of hydrogen-bond donors (Lipinski definition) is 1. The molecule has 2 unspecified atom stereocenters. The van der Waals surface area contributed by atoms with E-state index < -0.39 is 0 Å². The van der Waals surface area contributed by atoms with Crippen LogP contribution >= 0.6 is 0 Å². The van der Waals surface area contributed by atoms with Crippen molar-refractivity contribution in [2.75, 3.05) is 0 Å². The average Bonchev–Trinajstić information content (AvgIpc) is 2.26. The molecule has 0 radical (unpaired) electrons. The van der Waals surface area contributed by atoms with Gasteiger partial charge in [-0.15, -0.1) is 0 Å². The quantitative estimate of drug-likeness (QED) is 0.608. The minimum Gasteiger partial charge on any atom is -0.378 e. The van der Waals surface area contributed by atoms with Crippen LogP contribution in [0.4, 0.5) is 0 Å². The zero-order valence-corrected chi connectivity index (χ0v) is 7.98. The van der Waals surface area contributed by atoms with E-state index in [2.05, 4.69) is 53.9 Å². The van der Waals surface area contributed by atoms with Crippen molar-refractivity contribution in [1.82, 2.24) is 5.32 Å². The first-order valence-corrected chi connectivity index (χ1v) is 5.13. The lowest BCUT2D eigenvalue weighted by Gasteiger charge is -2.32. The summed E-state index contributed by atoms with van der Waals surface area (Å²) in [6.45, 7) is 0. The fourth-order valence-electron chi connectivity index (χ4n) is 2.21. The van der Waals surface area contributed by atoms with Crippen LogP contribution in [0, 0.1) is 5.92 Å². The lowest BCUT2D eigenvalue weighted by molar-refractivity contribution is 0.557. The van der Waals surface area contributed by atoms with E-state index in [4.69, 9.17) is 0 Å². The highest BCUT2D eigenvalue weighted by atomic mass is 14.9. The molecule has 1 heterocycles. The second-order valence-corrected chi connectivity index (χ2v) is 3.92. The van der Waals surface area contributed by atoms with Gasteiger partial charge < -0.3 is 5.32 Å². The largest absolute Gasteiger partial charge is 0.378 e. The van der Waals surface area contributed by atoms with Crippen molar-refractivity contribution in [3.05, 3.63) is 59.9 Å². The van der Waals surface area contributed by atoms with Crippen LogP contribution in [0.15, 0.2) is 59.9 Å². The Labute approximate surface area is 84.2 Å². The molecule has 2 atom stereocenters. The highest BCUT2D eigenvalue weighted by molar-refractivity contribution is 5.44. The van der Waals surface area contributed by atoms with Crippen LogP contribution in [0.25, 0.3) is 0 Å². The molecular weight excluding hydrogens is 170 g/mol. The first kappa shape index (κ1) is 7.86. The third kappa shape index (κ3) is 1.17. The van der Waals surface area contributed by atoms with Gasteiger partial charge in [-0.1, -0.05) is 42.5 Å². The summed E-state index contributed by atoms with van der Waals surface area (Å²) in [5.74, 6) is 0.540. The molecule has 3 aliphatic rings. The Morgan fingerprint density at radius 2 is 2.07 bits per heavy atom. The van der Waals surface area contributed by atoms with Crippen molar-refractivity contribution >= 4 is 0 Å². The van der Waals surface area contributed by atoms with Crippen molar-refractivity contribution in [3.8, 4) is 0 Å². The maximum absolute atomic E-state index is 3.56. The molecule has 3 rings (SSSR count). The molecule has 0 bridgehead atoms. The van der Waals surface area contributed by atoms with Crippen molar-refractivity contribution in [2.24, 2.45) is 5.92 Å². The second kappa shape index (κ2) is 3.02. The van der Waals surface area contributed by atoms with Gasteiger partial charge in [0.1, 0.15) is 0 Å². The van der Waals surface area contributed by atoms with Gasteiger partial charge in [-0.25, -0.2) is 0 Å². The molecule has 0 aromatic rings. The SMILES string of the molecule is C1=CCC2=CC3C=CC=CC3NC2=C1. The number of fused-ring (bicyclic) bond motifs is 2. The van der Waals surface area contributed by atoms with Crippen LogP contribution in [-0.4, -0.2) is 6.04 Å². The van der Waals surface area contributed by atoms with E-state index in [-0.39, 0.29) is 0 Å². The van der Waals surface area contributed by atoms with Crippen LogP contribution in [0.1, 0.15) is 6.42 Å². The highest BCUT2D eigenvalue weighted by Gasteiger charge is 2.24. The van der Waals surface area contributed by atoms with Gasteiger partial charge >= 0.3 is 0 Å². The Morgan fingerprint density at radius 3 is 3.07 bits per heavy atom. The molecule has 2 aliphatic carbocycles. The molecule has 1 N–H and O–H groups in total. The van der Waals surface area contributed by atoms with Crippen LogP contribution in [0.2, 0.25) is 0 Å². The maximum atomic E-state index is 3.56. The maximum Gasteiger partial charge on any atom is 0.0545 e. The molecule has 0 aromatic carbocycles. The predicted octanol–water partition coefficient (Wildman–Crippen LogP) is 2.47. The van der Waals surface area contributed by atoms with Gasteiger partial charge in [0.2, 0.25) is 0 Å². The van der Waals surface area contributed by atoms with E-state index in [1.54, 1.807) is 0 Å². The summed E-state index contributed by atoms with van der Waals surface area (Å²) < 4.78 is 0. The third-order valence-corrected chi connectivity index (χ3v) is 2.98. The molecule has 0 saturated carbocycles. The summed E-state index contributed by atoms with van der Waals surface area (Å²) in [6, 6.07) is 0.460. The zero-order chi connectivity index (χ0) is 9.38. The second-order valence-electron chi connectivity index (χ2n) is 3.92. The molecule has 0 spiro atoms. The number of nitrogens with one attached hydrogen (secondary N) is 1. The predicted molar refractivity (Wildman–Crippen MR) is 58.6 cm³/mol. The molecule has 0 fully saturated rings. The summed E-state index contributed by atoms with van der Waals surface area (Å²) >= 11 is 0. The molecule has 0 amide bonds. The van der Waals surface area contributed by atoms with Gasteiger partial charge in [0, 0.05) is 11.6 Å². The Balaban J connectivity index is 2.00. The van der Waals surface area contributed by atoms with E-state index in [0.29, 0.717) is 12.0 Å². The van der Waals surface area contributed by atoms with E-state index in [1.807, 2.05) is 0 Å². The Morgan fingerprint density at radius 1 is 1.14 bits per heavy atom. The standard InChI is InChI=1S/C13H13N/c1-3-7-12-10(5-1)9-11-6-2-4-8-13(11)14-12/h1-5,7-10,12,14H,6H2. The fourth-order valence-corrected chi connectivity index (χ4v) is 2.21. The molecule has 1 aliphatic heterocycles. The first-order valence-electron chi connectivity index (χ1n) is 5.13. The highest BCUT2D eigenvalue weighted by Crippen LogP contribution is 2.29. The number of allylic oxidation sites excluding steroid dienone is 6. The smallest absolute Gasteiger partial charge is 0.0545 e. The molecule has 1 heteroatoms. The van der Waals surface area contributed by atoms with Gasteiger partial charge in [-0.3, -0.25) is 0 Å². The molecule has 70 valence electrons. The Kier molecular flexibility index (Phi) is 1.69. The van der Waals surface area contributed by atoms with Crippen LogP contribution in [0.3, 0.4) is 0 Å². The Hall–Kier alpha value is -1.50. The van der Waals surface area contributed by atoms with Crippen molar-refractivity contribution < 1.29 is 0 Å². The van der Waals surface area contributed by atoms with Gasteiger partial charge in [-0.2, -0.15) is 0 Å². The average molecular weight is 183 g/mol. The lowest BCUT2D eigenvalue weighted by Crippen LogP contribution is -2.37. The summed E-state index contributed by atoms with van der Waals surface area (Å²) in [5, 5.41) is 3.56. The third-order valence-electron chi connectivity index (χ3n) is 2.98. The van der Waals surface area contributed by atoms with Gasteiger partial charge in [-0.05, 0) is 18.1 Å². The summed E-state index contributed by atoms with van der Waals surface area (Å²) in [7, 11) is 0.